The predicted octanol–water partition coefficient (Wildman–Crippen LogP) is 2.96. The predicted molar refractivity (Wildman–Crippen MR) is 197 cm³/mol. The molecular weight excluding hydrogens is 684 g/mol. The van der Waals surface area contributed by atoms with Crippen LogP contribution in [0.3, 0.4) is 0 Å². The molecule has 0 amide bonds. The maximum atomic E-state index is 8.59. The molecule has 52 heavy (non-hydrogen) atoms. The Morgan fingerprint density at radius 3 is 0.596 bits per heavy atom. The van der Waals surface area contributed by atoms with Gasteiger partial charge in [-0.2, -0.15) is 0 Å². The van der Waals surface area contributed by atoms with Crippen LogP contribution in [0.15, 0.2) is 0 Å². The van der Waals surface area contributed by atoms with Gasteiger partial charge >= 0.3 is 0 Å². The first-order valence-corrected chi connectivity index (χ1v) is 19.6. The smallest absolute Gasteiger partial charge is 0.0701 e. The van der Waals surface area contributed by atoms with Gasteiger partial charge in [0.2, 0.25) is 0 Å². The topological polar surface area (TPSA) is 149 Å². The molecule has 0 aliphatic rings. The Kier molecular flexibility index (Phi) is 49.8. The van der Waals surface area contributed by atoms with Gasteiger partial charge in [0.15, 0.2) is 0 Å². The molecule has 0 saturated heterocycles. The van der Waals surface area contributed by atoms with Crippen molar-refractivity contribution in [3.63, 3.8) is 0 Å². The third-order valence-electron chi connectivity index (χ3n) is 6.96. The van der Waals surface area contributed by atoms with E-state index < -0.39 is 0 Å². The van der Waals surface area contributed by atoms with Crippen LogP contribution in [0.25, 0.3) is 0 Å². The normalized spacial score (nSPS) is 11.7. The van der Waals surface area contributed by atoms with Crippen molar-refractivity contribution in [3.05, 3.63) is 0 Å². The molecule has 0 atom stereocenters. The molecule has 314 valence electrons. The molecule has 0 aromatic rings. The van der Waals surface area contributed by atoms with Crippen molar-refractivity contribution in [1.29, 1.82) is 0 Å². The zero-order chi connectivity index (χ0) is 37.4. The van der Waals surface area contributed by atoms with Gasteiger partial charge in [0.05, 0.1) is 185 Å². The first kappa shape index (κ1) is 51.4. The fourth-order valence-corrected chi connectivity index (χ4v) is 4.19. The summed E-state index contributed by atoms with van der Waals surface area (Å²) in [6, 6.07) is 0. The third kappa shape index (κ3) is 49.4. The monoisotopic (exact) mass is 761 g/mol. The van der Waals surface area contributed by atoms with E-state index in [1.54, 1.807) is 0 Å². The van der Waals surface area contributed by atoms with Gasteiger partial charge in [0.25, 0.3) is 0 Å². The lowest BCUT2D eigenvalue weighted by molar-refractivity contribution is -0.0297. The summed E-state index contributed by atoms with van der Waals surface area (Å²) >= 11 is 0. The van der Waals surface area contributed by atoms with E-state index in [1.165, 1.54) is 38.5 Å². The molecule has 15 nitrogen and oxygen atoms in total. The van der Waals surface area contributed by atoms with Gasteiger partial charge in [-0.1, -0.05) is 45.4 Å². The van der Waals surface area contributed by atoms with Crippen molar-refractivity contribution in [1.82, 2.24) is 0 Å². The van der Waals surface area contributed by atoms with Crippen LogP contribution in [0.2, 0.25) is 0 Å². The van der Waals surface area contributed by atoms with E-state index in [0.717, 1.165) is 13.0 Å². The summed E-state index contributed by atoms with van der Waals surface area (Å²) in [6.45, 7) is 17.0. The molecule has 0 fully saturated rings. The van der Waals surface area contributed by atoms with E-state index in [9.17, 15) is 0 Å². The van der Waals surface area contributed by atoms with Crippen LogP contribution in [0, 0.1) is 0 Å². The Labute approximate surface area is 314 Å². The molecule has 1 N–H and O–H groups in total. The van der Waals surface area contributed by atoms with Crippen molar-refractivity contribution in [2.75, 3.05) is 192 Å². The van der Waals surface area contributed by atoms with Crippen molar-refractivity contribution >= 4 is 0 Å². The summed E-state index contributed by atoms with van der Waals surface area (Å²) in [6.07, 6.45) is 9.08. The molecule has 0 aliphatic carbocycles. The van der Waals surface area contributed by atoms with Crippen LogP contribution in [0.4, 0.5) is 0 Å². The second-order valence-corrected chi connectivity index (χ2v) is 11.4. The number of hydrogen-bond acceptors (Lipinski definition) is 15. The van der Waals surface area contributed by atoms with E-state index in [0.29, 0.717) is 178 Å². The highest BCUT2D eigenvalue weighted by atomic mass is 16.6. The summed E-state index contributed by atoms with van der Waals surface area (Å²) in [4.78, 5) is 0. The quantitative estimate of drug-likeness (QED) is 0.0906. The Morgan fingerprint density at radius 1 is 0.212 bits per heavy atom. The Hall–Kier alpha value is -0.600. The van der Waals surface area contributed by atoms with Gasteiger partial charge in [-0.25, -0.2) is 0 Å². The molecule has 15 heteroatoms. The van der Waals surface area contributed by atoms with E-state index in [1.807, 2.05) is 0 Å². The molecule has 0 spiro atoms. The molecular formula is C37H76O15. The van der Waals surface area contributed by atoms with Crippen LogP contribution in [-0.4, -0.2) is 197 Å². The highest BCUT2D eigenvalue weighted by Crippen LogP contribution is 2.06. The standard InChI is InChI=1S/C37H76O15/c1-2-3-4-5-6-7-8-10-39-12-14-41-16-18-43-20-22-45-24-26-47-28-30-49-32-34-51-36-37-52-35-33-50-31-29-48-27-25-46-23-21-44-19-17-42-15-13-40-11-9-38/h38H,2-37H2,1H3. The lowest BCUT2D eigenvalue weighted by Gasteiger charge is -2.09. The van der Waals surface area contributed by atoms with Crippen LogP contribution in [0.1, 0.15) is 51.9 Å². The fourth-order valence-electron chi connectivity index (χ4n) is 4.19. The van der Waals surface area contributed by atoms with Gasteiger partial charge < -0.3 is 71.4 Å². The maximum Gasteiger partial charge on any atom is 0.0701 e. The van der Waals surface area contributed by atoms with Crippen molar-refractivity contribution in [2.24, 2.45) is 0 Å². The number of rotatable bonds is 49. The summed E-state index contributed by atoms with van der Waals surface area (Å²) in [7, 11) is 0. The molecule has 0 radical (unpaired) electrons. The van der Waals surface area contributed by atoms with E-state index in [-0.39, 0.29) is 6.61 Å². The average molecular weight is 761 g/mol. The summed E-state index contributed by atoms with van der Waals surface area (Å²) in [5.74, 6) is 0. The lowest BCUT2D eigenvalue weighted by atomic mass is 10.1. The molecule has 0 unspecified atom stereocenters. The van der Waals surface area contributed by atoms with Gasteiger partial charge in [-0.15, -0.1) is 0 Å². The van der Waals surface area contributed by atoms with Gasteiger partial charge in [-0.3, -0.25) is 0 Å². The Bertz CT molecular complexity index is 559. The van der Waals surface area contributed by atoms with Gasteiger partial charge in [-0.05, 0) is 6.42 Å². The highest BCUT2D eigenvalue weighted by molar-refractivity contribution is 4.45. The number of aliphatic hydroxyl groups excluding tert-OH is 1. The van der Waals surface area contributed by atoms with Gasteiger partial charge in [0.1, 0.15) is 0 Å². The number of aliphatic hydroxyl groups is 1. The highest BCUT2D eigenvalue weighted by Gasteiger charge is 1.98. The van der Waals surface area contributed by atoms with E-state index >= 15 is 0 Å². The molecule has 0 aromatic heterocycles. The van der Waals surface area contributed by atoms with Crippen molar-refractivity contribution in [3.8, 4) is 0 Å². The molecule has 0 rings (SSSR count). The van der Waals surface area contributed by atoms with Gasteiger partial charge in [0, 0.05) is 6.61 Å². The molecule has 0 aromatic carbocycles. The average Bonchev–Trinajstić information content (AvgIpc) is 3.16. The van der Waals surface area contributed by atoms with E-state index in [2.05, 4.69) is 6.92 Å². The minimum absolute atomic E-state index is 0.0246. The second-order valence-electron chi connectivity index (χ2n) is 11.4. The van der Waals surface area contributed by atoms with Crippen molar-refractivity contribution in [2.45, 2.75) is 51.9 Å². The minimum atomic E-state index is 0.0246. The second kappa shape index (κ2) is 50.4. The first-order chi connectivity index (χ1) is 25.9. The SMILES string of the molecule is CCCCCCCCCOCCOCCOCCOCCOCCOCCOCCOCCOCCOCCOCCOCCOCCOCCO. The first-order valence-electron chi connectivity index (χ1n) is 19.6. The molecule has 0 saturated carbocycles. The van der Waals surface area contributed by atoms with Crippen LogP contribution >= 0.6 is 0 Å². The zero-order valence-electron chi connectivity index (χ0n) is 32.6. The fraction of sp³-hybridized carbons (Fsp3) is 1.00. The molecule has 0 heterocycles. The molecule has 0 bridgehead atoms. The lowest BCUT2D eigenvalue weighted by Crippen LogP contribution is -2.15. The Morgan fingerprint density at radius 2 is 0.385 bits per heavy atom. The number of hydrogen-bond donors (Lipinski definition) is 1. The minimum Gasteiger partial charge on any atom is -0.394 e. The summed E-state index contributed by atoms with van der Waals surface area (Å²) in [5.41, 5.74) is 0. The van der Waals surface area contributed by atoms with Crippen molar-refractivity contribution < 1.29 is 71.4 Å². The van der Waals surface area contributed by atoms with Crippen LogP contribution in [-0.2, 0) is 66.3 Å². The largest absolute Gasteiger partial charge is 0.394 e. The van der Waals surface area contributed by atoms with E-state index in [4.69, 9.17) is 71.4 Å². The van der Waals surface area contributed by atoms with Crippen LogP contribution in [0.5, 0.6) is 0 Å². The maximum absolute atomic E-state index is 8.59. The molecule has 0 aliphatic heterocycles. The third-order valence-corrected chi connectivity index (χ3v) is 6.96. The number of unbranched alkanes of at least 4 members (excludes halogenated alkanes) is 6. The Balaban J connectivity index is 3.04. The summed E-state index contributed by atoms with van der Waals surface area (Å²) < 4.78 is 76.4. The zero-order valence-corrected chi connectivity index (χ0v) is 32.6. The number of ether oxygens (including phenoxy) is 14. The van der Waals surface area contributed by atoms with Crippen LogP contribution < -0.4 is 0 Å². The summed E-state index contributed by atoms with van der Waals surface area (Å²) in [5, 5.41) is 8.59.